The highest BCUT2D eigenvalue weighted by Gasteiger charge is 2.40. The van der Waals surface area contributed by atoms with Gasteiger partial charge in [-0.05, 0) is 23.3 Å². The van der Waals surface area contributed by atoms with E-state index in [9.17, 15) is 18.0 Å². The summed E-state index contributed by atoms with van der Waals surface area (Å²) in [5.74, 6) is -0.927. The Hall–Kier alpha value is -2.56. The summed E-state index contributed by atoms with van der Waals surface area (Å²) in [6.07, 6.45) is -5.06. The van der Waals surface area contributed by atoms with E-state index in [-0.39, 0.29) is 0 Å². The highest BCUT2D eigenvalue weighted by Crippen LogP contribution is 2.45. The van der Waals surface area contributed by atoms with Gasteiger partial charge in [-0.15, -0.1) is 0 Å². The fourth-order valence-corrected chi connectivity index (χ4v) is 2.73. The van der Waals surface area contributed by atoms with E-state index in [0.717, 1.165) is 17.7 Å². The van der Waals surface area contributed by atoms with Crippen molar-refractivity contribution in [3.63, 3.8) is 0 Å². The highest BCUT2D eigenvalue weighted by atomic mass is 19.4. The van der Waals surface area contributed by atoms with Crippen LogP contribution in [0.25, 0.3) is 0 Å². The minimum absolute atomic E-state index is 0.307. The van der Waals surface area contributed by atoms with Crippen LogP contribution in [-0.4, -0.2) is 5.97 Å². The number of hydrogen-bond donors (Lipinski definition) is 0. The van der Waals surface area contributed by atoms with Crippen LogP contribution >= 0.6 is 0 Å². The maximum absolute atomic E-state index is 12.7. The van der Waals surface area contributed by atoms with Crippen LogP contribution in [0.1, 0.15) is 28.7 Å². The molecule has 2 aromatic carbocycles. The number of carbonyl (C=O) groups is 1. The lowest BCUT2D eigenvalue weighted by Crippen LogP contribution is -2.09. The smallest absolute Gasteiger partial charge is 0.416 e. The Kier molecular flexibility index (Phi) is 3.72. The van der Waals surface area contributed by atoms with Gasteiger partial charge in [0.15, 0.2) is 0 Å². The van der Waals surface area contributed by atoms with Crippen molar-refractivity contribution in [2.75, 3.05) is 0 Å². The van der Waals surface area contributed by atoms with Crippen LogP contribution in [0.3, 0.4) is 0 Å². The molecule has 1 aliphatic heterocycles. The molecule has 0 bridgehead atoms. The van der Waals surface area contributed by atoms with Crippen molar-refractivity contribution in [2.45, 2.75) is 18.2 Å². The number of esters is 1. The Labute approximate surface area is 131 Å². The standard InChI is InChI=1S/C18H13F3O2/c1-11-15(12-5-3-2-4-6-12)16(23-17(11)22)13-7-9-14(10-8-13)18(19,20)21/h2-10,15-16H,1H2/t15-,16+/m0/s1. The molecule has 2 nitrogen and oxygen atoms in total. The predicted molar refractivity (Wildman–Crippen MR) is 78.6 cm³/mol. The molecule has 23 heavy (non-hydrogen) atoms. The van der Waals surface area contributed by atoms with E-state index in [2.05, 4.69) is 6.58 Å². The molecule has 0 amide bonds. The van der Waals surface area contributed by atoms with Gasteiger partial charge in [0, 0.05) is 5.57 Å². The molecule has 0 spiro atoms. The van der Waals surface area contributed by atoms with Crippen LogP contribution in [0.2, 0.25) is 0 Å². The van der Waals surface area contributed by atoms with Crippen LogP contribution in [0.5, 0.6) is 0 Å². The molecule has 0 aromatic heterocycles. The van der Waals surface area contributed by atoms with Gasteiger partial charge in [0.05, 0.1) is 11.5 Å². The van der Waals surface area contributed by atoms with Gasteiger partial charge in [-0.3, -0.25) is 0 Å². The minimum Gasteiger partial charge on any atom is -0.453 e. The second-order valence-electron chi connectivity index (χ2n) is 5.36. The van der Waals surface area contributed by atoms with Gasteiger partial charge in [-0.1, -0.05) is 49.0 Å². The highest BCUT2D eigenvalue weighted by molar-refractivity contribution is 5.92. The van der Waals surface area contributed by atoms with Gasteiger partial charge in [0.25, 0.3) is 0 Å². The number of cyclic esters (lactones) is 1. The number of benzene rings is 2. The van der Waals surface area contributed by atoms with E-state index < -0.39 is 29.7 Å². The van der Waals surface area contributed by atoms with Crippen LogP contribution in [0, 0.1) is 0 Å². The number of ether oxygens (including phenoxy) is 1. The third kappa shape index (κ3) is 2.86. The Morgan fingerprint density at radius 3 is 2.09 bits per heavy atom. The van der Waals surface area contributed by atoms with Gasteiger partial charge in [0.1, 0.15) is 6.10 Å². The van der Waals surface area contributed by atoms with Crippen molar-refractivity contribution in [3.8, 4) is 0 Å². The molecule has 1 fully saturated rings. The summed E-state index contributed by atoms with van der Waals surface area (Å²) >= 11 is 0. The molecule has 2 atom stereocenters. The van der Waals surface area contributed by atoms with Crippen molar-refractivity contribution in [3.05, 3.63) is 83.4 Å². The van der Waals surface area contributed by atoms with E-state index in [1.807, 2.05) is 30.3 Å². The first-order chi connectivity index (χ1) is 10.9. The first-order valence-electron chi connectivity index (χ1n) is 7.00. The number of carbonyl (C=O) groups excluding carboxylic acids is 1. The number of rotatable bonds is 2. The van der Waals surface area contributed by atoms with Gasteiger partial charge >= 0.3 is 12.1 Å². The zero-order valence-corrected chi connectivity index (χ0v) is 12.0. The summed E-state index contributed by atoms with van der Waals surface area (Å²) in [6.45, 7) is 3.77. The quantitative estimate of drug-likeness (QED) is 0.595. The first kappa shape index (κ1) is 15.3. The monoisotopic (exact) mass is 318 g/mol. The largest absolute Gasteiger partial charge is 0.453 e. The van der Waals surface area contributed by atoms with Gasteiger partial charge in [-0.25, -0.2) is 4.79 Å². The lowest BCUT2D eigenvalue weighted by molar-refractivity contribution is -0.140. The van der Waals surface area contributed by atoms with Gasteiger partial charge in [0.2, 0.25) is 0 Å². The molecule has 3 rings (SSSR count). The molecular formula is C18H13F3O2. The summed E-state index contributed by atoms with van der Waals surface area (Å²) in [5, 5.41) is 0. The third-order valence-electron chi connectivity index (χ3n) is 3.90. The molecule has 5 heteroatoms. The molecule has 1 saturated heterocycles. The summed E-state index contributed by atoms with van der Waals surface area (Å²) in [6, 6.07) is 13.9. The zero-order valence-electron chi connectivity index (χ0n) is 12.0. The van der Waals surface area contributed by atoms with Crippen LogP contribution < -0.4 is 0 Å². The van der Waals surface area contributed by atoms with Crippen molar-refractivity contribution in [2.24, 2.45) is 0 Å². The van der Waals surface area contributed by atoms with Crippen molar-refractivity contribution in [1.29, 1.82) is 0 Å². The summed E-state index contributed by atoms with van der Waals surface area (Å²) < 4.78 is 43.3. The molecule has 118 valence electrons. The van der Waals surface area contributed by atoms with E-state index in [1.165, 1.54) is 12.1 Å². The average molecular weight is 318 g/mol. The van der Waals surface area contributed by atoms with Crippen molar-refractivity contribution < 1.29 is 22.7 Å². The number of alkyl halides is 3. The first-order valence-corrected chi connectivity index (χ1v) is 7.00. The van der Waals surface area contributed by atoms with Crippen molar-refractivity contribution in [1.82, 2.24) is 0 Å². The zero-order chi connectivity index (χ0) is 16.6. The summed E-state index contributed by atoms with van der Waals surface area (Å²) in [4.78, 5) is 11.9. The van der Waals surface area contributed by atoms with Gasteiger partial charge < -0.3 is 4.74 Å². The fraction of sp³-hybridized carbons (Fsp3) is 0.167. The minimum atomic E-state index is -4.40. The molecule has 0 saturated carbocycles. The van der Waals surface area contributed by atoms with Crippen LogP contribution in [0.15, 0.2) is 66.7 Å². The molecule has 1 heterocycles. The van der Waals surface area contributed by atoms with E-state index in [1.54, 1.807) is 0 Å². The fourth-order valence-electron chi connectivity index (χ4n) is 2.73. The second kappa shape index (κ2) is 5.57. The third-order valence-corrected chi connectivity index (χ3v) is 3.90. The van der Waals surface area contributed by atoms with Crippen LogP contribution in [-0.2, 0) is 15.7 Å². The lowest BCUT2D eigenvalue weighted by atomic mass is 9.86. The van der Waals surface area contributed by atoms with Crippen LogP contribution in [0.4, 0.5) is 13.2 Å². The normalized spacial score (nSPS) is 21.3. The predicted octanol–water partition coefficient (Wildman–Crippen LogP) is 4.64. The number of halogens is 3. The Morgan fingerprint density at radius 1 is 0.913 bits per heavy atom. The van der Waals surface area contributed by atoms with Gasteiger partial charge in [-0.2, -0.15) is 13.2 Å². The SMILES string of the molecule is C=C1C(=O)O[C@H](c2ccc(C(F)(F)F)cc2)[C@@H]1c1ccccc1. The molecule has 2 aromatic rings. The molecule has 0 unspecified atom stereocenters. The number of hydrogen-bond acceptors (Lipinski definition) is 2. The Bertz CT molecular complexity index is 733. The molecule has 0 radical (unpaired) electrons. The second-order valence-corrected chi connectivity index (χ2v) is 5.36. The molecule has 0 N–H and O–H groups in total. The maximum atomic E-state index is 12.7. The lowest BCUT2D eigenvalue weighted by Gasteiger charge is -2.19. The molecule has 1 aliphatic rings. The Balaban J connectivity index is 1.97. The Morgan fingerprint density at radius 2 is 1.52 bits per heavy atom. The van der Waals surface area contributed by atoms with Crippen molar-refractivity contribution >= 4 is 5.97 Å². The maximum Gasteiger partial charge on any atom is 0.416 e. The molecule has 0 aliphatic carbocycles. The van der Waals surface area contributed by atoms with E-state index >= 15 is 0 Å². The average Bonchev–Trinajstić information content (AvgIpc) is 2.83. The summed E-state index contributed by atoms with van der Waals surface area (Å²) in [5.41, 5.74) is 0.925. The van der Waals surface area contributed by atoms with E-state index in [4.69, 9.17) is 4.74 Å². The summed E-state index contributed by atoms with van der Waals surface area (Å²) in [7, 11) is 0. The molecular weight excluding hydrogens is 305 g/mol. The van der Waals surface area contributed by atoms with E-state index in [0.29, 0.717) is 11.1 Å². The topological polar surface area (TPSA) is 26.3 Å².